The Balaban J connectivity index is 1.07. The van der Waals surface area contributed by atoms with E-state index in [9.17, 15) is 4.79 Å². The van der Waals surface area contributed by atoms with E-state index in [0.29, 0.717) is 12.7 Å². The minimum absolute atomic E-state index is 0.129. The average molecular weight is 482 g/mol. The molecule has 0 aromatic heterocycles. The number of nitrogens with zero attached hydrogens (tertiary/aromatic N) is 3. The maximum absolute atomic E-state index is 13.2. The van der Waals surface area contributed by atoms with Crippen LogP contribution in [-0.4, -0.2) is 80.9 Å². The van der Waals surface area contributed by atoms with E-state index in [2.05, 4.69) is 32.9 Å². The molecule has 0 atom stereocenters. The number of carbonyl (C=O) groups excluding carboxylic acids is 1. The van der Waals surface area contributed by atoms with E-state index in [1.54, 1.807) is 14.2 Å². The third-order valence-corrected chi connectivity index (χ3v) is 7.35. The molecule has 0 aliphatic carbocycles. The second-order valence-corrected chi connectivity index (χ2v) is 9.52. The van der Waals surface area contributed by atoms with Gasteiger partial charge in [-0.2, -0.15) is 0 Å². The summed E-state index contributed by atoms with van der Waals surface area (Å²) in [6.07, 6.45) is 1.82. The van der Waals surface area contributed by atoms with Crippen molar-refractivity contribution >= 4 is 5.91 Å². The van der Waals surface area contributed by atoms with Crippen molar-refractivity contribution in [2.24, 2.45) is 5.92 Å². The number of piperidine rings is 1. The highest BCUT2D eigenvalue weighted by Gasteiger charge is 2.30. The van der Waals surface area contributed by atoms with Crippen molar-refractivity contribution in [3.63, 3.8) is 0 Å². The Kier molecular flexibility index (Phi) is 7.29. The molecule has 8 heteroatoms. The fourth-order valence-electron chi connectivity index (χ4n) is 5.24. The van der Waals surface area contributed by atoms with Crippen molar-refractivity contribution in [1.82, 2.24) is 14.7 Å². The fraction of sp³-hybridized carbons (Fsp3) is 0.519. The summed E-state index contributed by atoms with van der Waals surface area (Å²) < 4.78 is 21.8. The quantitative estimate of drug-likeness (QED) is 0.603. The molecule has 3 heterocycles. The molecule has 2 fully saturated rings. The normalized spacial score (nSPS) is 19.1. The zero-order valence-corrected chi connectivity index (χ0v) is 20.7. The van der Waals surface area contributed by atoms with Gasteiger partial charge in [0.15, 0.2) is 11.5 Å². The standard InChI is InChI=1S/C27H35N3O5/c1-32-23-5-4-22(25(16-23)33-2)18-28-9-7-21(8-10-28)27(31)30-13-11-29(12-14-30)17-20-3-6-24-26(15-20)35-19-34-24/h3-6,15-16,21H,7-14,17-19H2,1-2H3. The van der Waals surface area contributed by atoms with E-state index in [1.165, 1.54) is 5.56 Å². The smallest absolute Gasteiger partial charge is 0.231 e. The Labute approximate surface area is 207 Å². The van der Waals surface area contributed by atoms with Crippen molar-refractivity contribution in [2.75, 3.05) is 60.3 Å². The number of amides is 1. The third-order valence-electron chi connectivity index (χ3n) is 7.35. The molecule has 0 spiro atoms. The predicted octanol–water partition coefficient (Wildman–Crippen LogP) is 2.99. The van der Waals surface area contributed by atoms with Crippen molar-refractivity contribution in [2.45, 2.75) is 25.9 Å². The van der Waals surface area contributed by atoms with E-state index in [-0.39, 0.29) is 5.92 Å². The van der Waals surface area contributed by atoms with Crippen LogP contribution in [0.2, 0.25) is 0 Å². The van der Waals surface area contributed by atoms with Crippen LogP contribution in [0.5, 0.6) is 23.0 Å². The van der Waals surface area contributed by atoms with Gasteiger partial charge in [0.25, 0.3) is 0 Å². The number of likely N-dealkylation sites (tertiary alicyclic amines) is 1. The number of benzene rings is 2. The van der Waals surface area contributed by atoms with Crippen LogP contribution in [-0.2, 0) is 17.9 Å². The van der Waals surface area contributed by atoms with Gasteiger partial charge in [-0.1, -0.05) is 12.1 Å². The molecule has 5 rings (SSSR count). The second-order valence-electron chi connectivity index (χ2n) is 9.52. The van der Waals surface area contributed by atoms with Gasteiger partial charge in [-0.15, -0.1) is 0 Å². The van der Waals surface area contributed by atoms with Crippen LogP contribution in [0, 0.1) is 5.92 Å². The van der Waals surface area contributed by atoms with Crippen molar-refractivity contribution in [1.29, 1.82) is 0 Å². The topological polar surface area (TPSA) is 63.7 Å². The van der Waals surface area contributed by atoms with Crippen molar-refractivity contribution in [3.8, 4) is 23.0 Å². The van der Waals surface area contributed by atoms with Crippen LogP contribution < -0.4 is 18.9 Å². The van der Waals surface area contributed by atoms with Gasteiger partial charge in [0.05, 0.1) is 14.2 Å². The lowest BCUT2D eigenvalue weighted by Gasteiger charge is -2.38. The zero-order chi connectivity index (χ0) is 24.2. The number of hydrogen-bond donors (Lipinski definition) is 0. The van der Waals surface area contributed by atoms with E-state index < -0.39 is 0 Å². The maximum Gasteiger partial charge on any atom is 0.231 e. The highest BCUT2D eigenvalue weighted by Crippen LogP contribution is 2.33. The Morgan fingerprint density at radius 3 is 2.34 bits per heavy atom. The van der Waals surface area contributed by atoms with Crippen LogP contribution in [0.15, 0.2) is 36.4 Å². The van der Waals surface area contributed by atoms with Crippen LogP contribution in [0.1, 0.15) is 24.0 Å². The third kappa shape index (κ3) is 5.49. The first-order valence-electron chi connectivity index (χ1n) is 12.5. The zero-order valence-electron chi connectivity index (χ0n) is 20.7. The minimum Gasteiger partial charge on any atom is -0.497 e. The Morgan fingerprint density at radius 2 is 1.60 bits per heavy atom. The molecule has 0 N–H and O–H groups in total. The summed E-state index contributed by atoms with van der Waals surface area (Å²) >= 11 is 0. The Morgan fingerprint density at radius 1 is 0.857 bits per heavy atom. The molecule has 3 aliphatic heterocycles. The lowest BCUT2D eigenvalue weighted by atomic mass is 9.94. The summed E-state index contributed by atoms with van der Waals surface area (Å²) in [7, 11) is 3.35. The van der Waals surface area contributed by atoms with E-state index in [0.717, 1.165) is 93.8 Å². The van der Waals surface area contributed by atoms with Crippen LogP contribution in [0.25, 0.3) is 0 Å². The number of methoxy groups -OCH3 is 2. The molecule has 8 nitrogen and oxygen atoms in total. The molecular weight excluding hydrogens is 446 g/mol. The predicted molar refractivity (Wildman–Crippen MR) is 132 cm³/mol. The first-order chi connectivity index (χ1) is 17.1. The maximum atomic E-state index is 13.2. The second kappa shape index (κ2) is 10.7. The van der Waals surface area contributed by atoms with Gasteiger partial charge in [0.2, 0.25) is 12.7 Å². The molecule has 0 saturated carbocycles. The number of rotatable bonds is 7. The molecule has 0 bridgehead atoms. The number of piperazine rings is 1. The summed E-state index contributed by atoms with van der Waals surface area (Å²) in [5, 5.41) is 0. The lowest BCUT2D eigenvalue weighted by molar-refractivity contribution is -0.139. The molecular formula is C27H35N3O5. The van der Waals surface area contributed by atoms with Crippen LogP contribution >= 0.6 is 0 Å². The molecule has 2 aromatic carbocycles. The first kappa shape index (κ1) is 23.8. The van der Waals surface area contributed by atoms with Gasteiger partial charge in [-0.25, -0.2) is 0 Å². The molecule has 2 saturated heterocycles. The fourth-order valence-corrected chi connectivity index (χ4v) is 5.24. The van der Waals surface area contributed by atoms with Gasteiger partial charge in [0.1, 0.15) is 11.5 Å². The molecule has 188 valence electrons. The van der Waals surface area contributed by atoms with Gasteiger partial charge in [-0.3, -0.25) is 14.6 Å². The highest BCUT2D eigenvalue weighted by molar-refractivity contribution is 5.79. The van der Waals surface area contributed by atoms with Crippen molar-refractivity contribution in [3.05, 3.63) is 47.5 Å². The van der Waals surface area contributed by atoms with E-state index >= 15 is 0 Å². The number of hydrogen-bond acceptors (Lipinski definition) is 7. The SMILES string of the molecule is COc1ccc(CN2CCC(C(=O)N3CCN(Cc4ccc5c(c4)OCO5)CC3)CC2)c(OC)c1. The van der Waals surface area contributed by atoms with Gasteiger partial charge in [0, 0.05) is 56.8 Å². The minimum atomic E-state index is 0.129. The first-order valence-corrected chi connectivity index (χ1v) is 12.5. The molecule has 2 aromatic rings. The Bertz CT molecular complexity index is 1030. The molecule has 0 radical (unpaired) electrons. The van der Waals surface area contributed by atoms with Gasteiger partial charge in [-0.05, 0) is 49.7 Å². The lowest BCUT2D eigenvalue weighted by Crippen LogP contribution is -2.51. The van der Waals surface area contributed by atoms with E-state index in [1.807, 2.05) is 18.2 Å². The summed E-state index contributed by atoms with van der Waals surface area (Å²) in [5.41, 5.74) is 2.37. The molecule has 0 unspecified atom stereocenters. The molecule has 35 heavy (non-hydrogen) atoms. The largest absolute Gasteiger partial charge is 0.497 e. The average Bonchev–Trinajstić information content (AvgIpc) is 3.37. The highest BCUT2D eigenvalue weighted by atomic mass is 16.7. The Hall–Kier alpha value is -2.97. The monoisotopic (exact) mass is 481 g/mol. The molecule has 3 aliphatic rings. The van der Waals surface area contributed by atoms with Crippen LogP contribution in [0.4, 0.5) is 0 Å². The van der Waals surface area contributed by atoms with Crippen LogP contribution in [0.3, 0.4) is 0 Å². The molecule has 1 amide bonds. The summed E-state index contributed by atoms with van der Waals surface area (Å²) in [6, 6.07) is 12.1. The summed E-state index contributed by atoms with van der Waals surface area (Å²) in [4.78, 5) is 20.1. The summed E-state index contributed by atoms with van der Waals surface area (Å²) in [6.45, 7) is 7.24. The van der Waals surface area contributed by atoms with Crippen molar-refractivity contribution < 1.29 is 23.7 Å². The number of ether oxygens (including phenoxy) is 4. The van der Waals surface area contributed by atoms with Gasteiger partial charge < -0.3 is 23.8 Å². The number of carbonyl (C=O) groups is 1. The number of fused-ring (bicyclic) bond motifs is 1. The summed E-state index contributed by atoms with van der Waals surface area (Å²) in [5.74, 6) is 3.75. The van der Waals surface area contributed by atoms with E-state index in [4.69, 9.17) is 18.9 Å². The van der Waals surface area contributed by atoms with Gasteiger partial charge >= 0.3 is 0 Å².